The lowest BCUT2D eigenvalue weighted by atomic mass is 10.1. The predicted molar refractivity (Wildman–Crippen MR) is 121 cm³/mol. The van der Waals surface area contributed by atoms with E-state index in [4.69, 9.17) is 23.2 Å². The van der Waals surface area contributed by atoms with Gasteiger partial charge in [0.15, 0.2) is 0 Å². The molecule has 0 radical (unpaired) electrons. The quantitative estimate of drug-likeness (QED) is 0.437. The highest BCUT2D eigenvalue weighted by Gasteiger charge is 2.36. The standard InChI is InChI=1S/C21H16Cl2F3N3O3S/c1-32-20(31)14-10-33-18-15(21(24,25)26)9-16(27-17(14)18)28-2-4-29(5-3-28)19(30)11-6-12(22)8-13(23)7-11/h6-10H,2-5H2,1H3. The van der Waals surface area contributed by atoms with E-state index in [2.05, 4.69) is 9.72 Å². The van der Waals surface area contributed by atoms with Crippen LogP contribution in [0.25, 0.3) is 10.2 Å². The number of thiophene rings is 1. The molecule has 12 heteroatoms. The zero-order valence-corrected chi connectivity index (χ0v) is 19.4. The maximum atomic E-state index is 13.7. The second kappa shape index (κ2) is 9.00. The van der Waals surface area contributed by atoms with Gasteiger partial charge in [0.1, 0.15) is 5.82 Å². The molecule has 0 unspecified atom stereocenters. The predicted octanol–water partition coefficient (Wildman–Crippen LogP) is 5.37. The average Bonchev–Trinajstić information content (AvgIpc) is 3.20. The molecule has 33 heavy (non-hydrogen) atoms. The van der Waals surface area contributed by atoms with E-state index >= 15 is 0 Å². The number of ether oxygens (including phenoxy) is 1. The number of piperazine rings is 1. The molecule has 3 aromatic rings. The van der Waals surface area contributed by atoms with Crippen molar-refractivity contribution in [3.05, 3.63) is 56.4 Å². The maximum Gasteiger partial charge on any atom is 0.417 e. The lowest BCUT2D eigenvalue weighted by Gasteiger charge is -2.35. The van der Waals surface area contributed by atoms with Gasteiger partial charge in [-0.2, -0.15) is 13.2 Å². The summed E-state index contributed by atoms with van der Waals surface area (Å²) in [7, 11) is 1.16. The van der Waals surface area contributed by atoms with Crippen LogP contribution in [0.2, 0.25) is 10.0 Å². The number of amides is 1. The van der Waals surface area contributed by atoms with Gasteiger partial charge in [0.05, 0.1) is 28.5 Å². The Morgan fingerprint density at radius 2 is 1.70 bits per heavy atom. The topological polar surface area (TPSA) is 62.7 Å². The van der Waals surface area contributed by atoms with Crippen molar-refractivity contribution in [2.24, 2.45) is 0 Å². The zero-order valence-electron chi connectivity index (χ0n) is 17.1. The van der Waals surface area contributed by atoms with E-state index in [1.807, 2.05) is 0 Å². The molecule has 0 atom stereocenters. The Kier molecular flexibility index (Phi) is 6.43. The van der Waals surface area contributed by atoms with Gasteiger partial charge in [0, 0.05) is 47.2 Å². The van der Waals surface area contributed by atoms with Gasteiger partial charge < -0.3 is 14.5 Å². The number of hydrogen-bond donors (Lipinski definition) is 0. The van der Waals surface area contributed by atoms with E-state index in [0.717, 1.165) is 24.5 Å². The summed E-state index contributed by atoms with van der Waals surface area (Å²) in [4.78, 5) is 32.4. The Morgan fingerprint density at radius 1 is 1.06 bits per heavy atom. The van der Waals surface area contributed by atoms with Crippen LogP contribution in [0.15, 0.2) is 29.6 Å². The van der Waals surface area contributed by atoms with Gasteiger partial charge in [-0.05, 0) is 24.3 Å². The Bertz CT molecular complexity index is 1220. The molecule has 1 fully saturated rings. The summed E-state index contributed by atoms with van der Waals surface area (Å²) in [6.07, 6.45) is -4.63. The first-order valence-corrected chi connectivity index (χ1v) is 11.3. The minimum atomic E-state index is -4.63. The molecule has 0 aliphatic carbocycles. The third kappa shape index (κ3) is 4.73. The maximum absolute atomic E-state index is 13.7. The van der Waals surface area contributed by atoms with Crippen molar-refractivity contribution in [3.8, 4) is 0 Å². The summed E-state index contributed by atoms with van der Waals surface area (Å²) in [5.41, 5.74) is -0.601. The monoisotopic (exact) mass is 517 g/mol. The molecule has 3 heterocycles. The van der Waals surface area contributed by atoms with E-state index < -0.39 is 17.7 Å². The van der Waals surface area contributed by atoms with Crippen molar-refractivity contribution in [1.82, 2.24) is 9.88 Å². The summed E-state index contributed by atoms with van der Waals surface area (Å²) in [5, 5.41) is 1.98. The first-order chi connectivity index (χ1) is 15.6. The molecule has 1 aliphatic heterocycles. The van der Waals surface area contributed by atoms with Crippen LogP contribution < -0.4 is 4.90 Å². The average molecular weight is 518 g/mol. The SMILES string of the molecule is COC(=O)c1csc2c(C(F)(F)F)cc(N3CCN(C(=O)c4cc(Cl)cc(Cl)c4)CC3)nc12. The smallest absolute Gasteiger partial charge is 0.417 e. The minimum Gasteiger partial charge on any atom is -0.465 e. The summed E-state index contributed by atoms with van der Waals surface area (Å²) in [5.74, 6) is -0.949. The number of esters is 1. The molecule has 0 bridgehead atoms. The second-order valence-electron chi connectivity index (χ2n) is 7.28. The first-order valence-electron chi connectivity index (χ1n) is 9.66. The van der Waals surface area contributed by atoms with Gasteiger partial charge in [0.2, 0.25) is 0 Å². The molecule has 0 N–H and O–H groups in total. The number of fused-ring (bicyclic) bond motifs is 1. The van der Waals surface area contributed by atoms with E-state index in [9.17, 15) is 22.8 Å². The Hall–Kier alpha value is -2.56. The number of carbonyl (C=O) groups is 2. The number of benzene rings is 1. The minimum absolute atomic E-state index is 0.0171. The molecule has 1 amide bonds. The van der Waals surface area contributed by atoms with E-state index in [0.29, 0.717) is 15.6 Å². The number of pyridine rings is 1. The molecule has 174 valence electrons. The van der Waals surface area contributed by atoms with Gasteiger partial charge in [-0.15, -0.1) is 11.3 Å². The number of hydrogen-bond acceptors (Lipinski definition) is 6. The fourth-order valence-electron chi connectivity index (χ4n) is 3.62. The third-order valence-corrected chi connectivity index (χ3v) is 6.66. The van der Waals surface area contributed by atoms with Crippen LogP contribution in [0.4, 0.5) is 19.0 Å². The van der Waals surface area contributed by atoms with Crippen molar-refractivity contribution in [3.63, 3.8) is 0 Å². The Labute approximate surface area is 200 Å². The summed E-state index contributed by atoms with van der Waals surface area (Å²) < 4.78 is 45.8. The number of anilines is 1. The fraction of sp³-hybridized carbons (Fsp3) is 0.286. The number of rotatable bonds is 3. The largest absolute Gasteiger partial charge is 0.465 e. The highest BCUT2D eigenvalue weighted by Crippen LogP contribution is 2.40. The van der Waals surface area contributed by atoms with Crippen LogP contribution in [-0.2, 0) is 10.9 Å². The van der Waals surface area contributed by atoms with Crippen molar-refractivity contribution >= 4 is 62.4 Å². The van der Waals surface area contributed by atoms with Gasteiger partial charge in [-0.3, -0.25) is 4.79 Å². The van der Waals surface area contributed by atoms with Crippen LogP contribution in [0.3, 0.4) is 0 Å². The molecular formula is C21H16Cl2F3N3O3S. The highest BCUT2D eigenvalue weighted by atomic mass is 35.5. The van der Waals surface area contributed by atoms with Crippen LogP contribution in [-0.4, -0.2) is 55.0 Å². The zero-order chi connectivity index (χ0) is 23.9. The van der Waals surface area contributed by atoms with Gasteiger partial charge >= 0.3 is 12.1 Å². The molecule has 0 spiro atoms. The fourth-order valence-corrected chi connectivity index (χ4v) is 5.16. The van der Waals surface area contributed by atoms with Crippen molar-refractivity contribution in [1.29, 1.82) is 0 Å². The molecule has 4 rings (SSSR count). The van der Waals surface area contributed by atoms with Crippen LogP contribution in [0, 0.1) is 0 Å². The van der Waals surface area contributed by atoms with Crippen molar-refractivity contribution in [2.45, 2.75) is 6.18 Å². The van der Waals surface area contributed by atoms with E-state index in [1.165, 1.54) is 23.6 Å². The highest BCUT2D eigenvalue weighted by molar-refractivity contribution is 7.17. The lowest BCUT2D eigenvalue weighted by Crippen LogP contribution is -2.49. The number of nitrogens with zero attached hydrogens (tertiary/aromatic N) is 3. The van der Waals surface area contributed by atoms with Gasteiger partial charge in [-0.25, -0.2) is 9.78 Å². The molecule has 2 aromatic heterocycles. The number of halogens is 5. The first kappa shape index (κ1) is 23.6. The number of aromatic nitrogens is 1. The molecule has 1 saturated heterocycles. The Morgan fingerprint density at radius 3 is 2.27 bits per heavy atom. The molecule has 6 nitrogen and oxygen atoms in total. The molecular weight excluding hydrogens is 502 g/mol. The number of alkyl halides is 3. The third-order valence-electron chi connectivity index (χ3n) is 5.22. The normalized spacial score (nSPS) is 14.6. The van der Waals surface area contributed by atoms with Crippen LogP contribution in [0.5, 0.6) is 0 Å². The number of methoxy groups -OCH3 is 1. The Balaban J connectivity index is 1.61. The van der Waals surface area contributed by atoms with Crippen molar-refractivity contribution in [2.75, 3.05) is 38.2 Å². The summed E-state index contributed by atoms with van der Waals surface area (Å²) in [6, 6.07) is 5.52. The summed E-state index contributed by atoms with van der Waals surface area (Å²) in [6.45, 7) is 1.04. The number of carbonyl (C=O) groups excluding carboxylic acids is 2. The van der Waals surface area contributed by atoms with Crippen LogP contribution >= 0.6 is 34.5 Å². The van der Waals surface area contributed by atoms with E-state index in [-0.39, 0.29) is 53.7 Å². The summed E-state index contributed by atoms with van der Waals surface area (Å²) >= 11 is 12.7. The lowest BCUT2D eigenvalue weighted by molar-refractivity contribution is -0.136. The molecule has 0 saturated carbocycles. The molecule has 1 aromatic carbocycles. The van der Waals surface area contributed by atoms with Crippen molar-refractivity contribution < 1.29 is 27.5 Å². The van der Waals surface area contributed by atoms with Crippen LogP contribution in [0.1, 0.15) is 26.3 Å². The van der Waals surface area contributed by atoms with Gasteiger partial charge in [0.25, 0.3) is 5.91 Å². The van der Waals surface area contributed by atoms with Gasteiger partial charge in [-0.1, -0.05) is 23.2 Å². The molecule has 1 aliphatic rings. The van der Waals surface area contributed by atoms with E-state index in [1.54, 1.807) is 9.80 Å². The second-order valence-corrected chi connectivity index (χ2v) is 9.03.